The van der Waals surface area contributed by atoms with Crippen LogP contribution in [0.4, 0.5) is 8.78 Å². The molecule has 3 N–H and O–H groups in total. The fraction of sp³-hybridized carbons (Fsp3) is 0.455. The smallest absolute Gasteiger partial charge is 0.330 e. The predicted molar refractivity (Wildman–Crippen MR) is 61.0 cm³/mol. The van der Waals surface area contributed by atoms with E-state index in [-0.39, 0.29) is 4.57 Å². The Morgan fingerprint density at radius 2 is 2.35 bits per heavy atom. The Bertz CT molecular complexity index is 753. The van der Waals surface area contributed by atoms with Crippen LogP contribution in [0.15, 0.2) is 15.8 Å². The van der Waals surface area contributed by atoms with Crippen molar-refractivity contribution in [1.82, 2.24) is 9.55 Å². The Morgan fingerprint density at radius 3 is 2.90 bits per heavy atom. The molecule has 1 aromatic rings. The zero-order chi connectivity index (χ0) is 16.9. The maximum Gasteiger partial charge on any atom is 0.330 e. The van der Waals surface area contributed by atoms with Crippen molar-refractivity contribution in [2.45, 2.75) is 24.1 Å². The third kappa shape index (κ3) is 1.94. The third-order valence-corrected chi connectivity index (χ3v) is 2.88. The van der Waals surface area contributed by atoms with Crippen LogP contribution in [0.3, 0.4) is 0 Å². The molecule has 1 unspecified atom stereocenters. The van der Waals surface area contributed by atoms with Crippen LogP contribution in [0.2, 0.25) is 0 Å². The van der Waals surface area contributed by atoms with E-state index >= 15 is 0 Å². The van der Waals surface area contributed by atoms with Gasteiger partial charge in [-0.3, -0.25) is 14.3 Å². The van der Waals surface area contributed by atoms with Crippen LogP contribution in [-0.4, -0.2) is 44.2 Å². The fourth-order valence-electron chi connectivity index (χ4n) is 1.84. The number of hydrogen-bond donors (Lipinski definition) is 3. The van der Waals surface area contributed by atoms with Crippen molar-refractivity contribution in [3.63, 3.8) is 0 Å². The molecule has 108 valence electrons. The SMILES string of the molecule is [2H]C([2H])(O)[C@H]1O[C@@H](n2cc(F)c(=O)[nH]c2=O)C(F)(C#C)[C@H]1O. The summed E-state index contributed by atoms with van der Waals surface area (Å²) >= 11 is 0. The van der Waals surface area contributed by atoms with E-state index in [9.17, 15) is 28.6 Å². The lowest BCUT2D eigenvalue weighted by molar-refractivity contribution is -0.0547. The molecule has 9 heteroatoms. The summed E-state index contributed by atoms with van der Waals surface area (Å²) in [5.41, 5.74) is -5.80. The molecular formula is C11H10F2N2O5. The third-order valence-electron chi connectivity index (χ3n) is 2.88. The molecular weight excluding hydrogens is 278 g/mol. The Morgan fingerprint density at radius 1 is 1.70 bits per heavy atom. The van der Waals surface area contributed by atoms with Gasteiger partial charge < -0.3 is 14.9 Å². The highest BCUT2D eigenvalue weighted by atomic mass is 19.1. The van der Waals surface area contributed by atoms with Gasteiger partial charge in [-0.2, -0.15) is 4.39 Å². The summed E-state index contributed by atoms with van der Waals surface area (Å²) in [6.45, 7) is -3.19. The molecule has 1 fully saturated rings. The van der Waals surface area contributed by atoms with E-state index in [1.807, 2.05) is 0 Å². The summed E-state index contributed by atoms with van der Waals surface area (Å²) in [4.78, 5) is 24.1. The quantitative estimate of drug-likeness (QED) is 0.561. The molecule has 0 aliphatic carbocycles. The summed E-state index contributed by atoms with van der Waals surface area (Å²) in [5, 5.41) is 19.0. The monoisotopic (exact) mass is 290 g/mol. The molecule has 1 aliphatic heterocycles. The first-order chi connectivity index (χ1) is 10.0. The molecule has 1 saturated heterocycles. The van der Waals surface area contributed by atoms with Gasteiger partial charge in [-0.15, -0.1) is 6.42 Å². The van der Waals surface area contributed by atoms with E-state index in [0.717, 1.165) is 0 Å². The maximum absolute atomic E-state index is 14.7. The van der Waals surface area contributed by atoms with Gasteiger partial charge in [-0.05, 0) is 0 Å². The largest absolute Gasteiger partial charge is 0.394 e. The summed E-state index contributed by atoms with van der Waals surface area (Å²) in [6, 6.07) is 0. The van der Waals surface area contributed by atoms with Gasteiger partial charge in [0.2, 0.25) is 11.5 Å². The van der Waals surface area contributed by atoms with Gasteiger partial charge in [0.15, 0.2) is 6.23 Å². The van der Waals surface area contributed by atoms with Crippen LogP contribution in [0.1, 0.15) is 8.97 Å². The second kappa shape index (κ2) is 4.82. The minimum Gasteiger partial charge on any atom is -0.394 e. The fourth-order valence-corrected chi connectivity index (χ4v) is 1.84. The summed E-state index contributed by atoms with van der Waals surface area (Å²) in [7, 11) is 0. The van der Waals surface area contributed by atoms with E-state index in [2.05, 4.69) is 0 Å². The Balaban J connectivity index is 2.60. The minimum atomic E-state index is -3.19. The van der Waals surface area contributed by atoms with Gasteiger partial charge in [0.05, 0.1) is 15.5 Å². The summed E-state index contributed by atoms with van der Waals surface area (Å²) < 4.78 is 47.2. The number of nitrogens with one attached hydrogen (secondary N) is 1. The van der Waals surface area contributed by atoms with Crippen molar-refractivity contribution < 1.29 is 26.5 Å². The van der Waals surface area contributed by atoms with Crippen LogP contribution in [0, 0.1) is 18.2 Å². The summed E-state index contributed by atoms with van der Waals surface area (Å²) in [6.07, 6.45) is -1.37. The van der Waals surface area contributed by atoms with E-state index in [4.69, 9.17) is 13.9 Å². The summed E-state index contributed by atoms with van der Waals surface area (Å²) in [5.74, 6) is 0.0570. The number of H-pyrrole nitrogens is 1. The number of aliphatic hydroxyl groups is 2. The highest BCUT2D eigenvalue weighted by Gasteiger charge is 2.57. The lowest BCUT2D eigenvalue weighted by Gasteiger charge is -2.23. The second-order valence-corrected chi connectivity index (χ2v) is 4.04. The number of halogens is 2. The first kappa shape index (κ1) is 11.8. The average Bonchev–Trinajstić information content (AvgIpc) is 2.67. The van der Waals surface area contributed by atoms with Gasteiger partial charge in [0.1, 0.15) is 12.2 Å². The first-order valence-corrected chi connectivity index (χ1v) is 5.26. The van der Waals surface area contributed by atoms with Crippen LogP contribution >= 0.6 is 0 Å². The van der Waals surface area contributed by atoms with Crippen molar-refractivity contribution >= 4 is 0 Å². The number of aromatic nitrogens is 2. The lowest BCUT2D eigenvalue weighted by atomic mass is 9.97. The number of hydrogen-bond acceptors (Lipinski definition) is 5. The van der Waals surface area contributed by atoms with E-state index in [0.29, 0.717) is 6.20 Å². The maximum atomic E-state index is 14.7. The predicted octanol–water partition coefficient (Wildman–Crippen LogP) is -1.73. The van der Waals surface area contributed by atoms with Gasteiger partial charge in [0.25, 0.3) is 5.56 Å². The highest BCUT2D eigenvalue weighted by Crippen LogP contribution is 2.40. The number of rotatable bonds is 2. The standard InChI is InChI=1S/C11H10F2N2O5/c1-2-11(13)7(17)6(4-16)20-9(11)15-3-5(12)8(18)14-10(15)19/h1,3,6-7,9,16-17H,4H2,(H,14,18,19)/t6-,7+,9-,11?/m1/s1/i4D2. The normalized spacial score (nSPS) is 35.2. The molecule has 20 heavy (non-hydrogen) atoms. The molecule has 0 amide bonds. The first-order valence-electron chi connectivity index (χ1n) is 6.26. The van der Waals surface area contributed by atoms with E-state index < -0.39 is 47.7 Å². The topological polar surface area (TPSA) is 105 Å². The van der Waals surface area contributed by atoms with Crippen LogP contribution in [-0.2, 0) is 4.74 Å². The molecule has 0 aromatic carbocycles. The Labute approximate surface area is 113 Å². The average molecular weight is 290 g/mol. The number of ether oxygens (including phenoxy) is 1. The molecule has 0 saturated carbocycles. The molecule has 1 aromatic heterocycles. The number of alkyl halides is 1. The Hall–Kier alpha value is -2.02. The van der Waals surface area contributed by atoms with Crippen LogP contribution in [0.25, 0.3) is 0 Å². The van der Waals surface area contributed by atoms with Gasteiger partial charge >= 0.3 is 5.69 Å². The number of terminal acetylenes is 1. The van der Waals surface area contributed by atoms with Gasteiger partial charge in [-0.1, -0.05) is 5.92 Å². The molecule has 0 bridgehead atoms. The van der Waals surface area contributed by atoms with Crippen LogP contribution in [0.5, 0.6) is 0 Å². The second-order valence-electron chi connectivity index (χ2n) is 4.04. The lowest BCUT2D eigenvalue weighted by Crippen LogP contribution is -2.45. The zero-order valence-electron chi connectivity index (χ0n) is 11.7. The molecule has 0 spiro atoms. The van der Waals surface area contributed by atoms with Crippen molar-refractivity contribution in [1.29, 1.82) is 0 Å². The van der Waals surface area contributed by atoms with Crippen molar-refractivity contribution in [2.75, 3.05) is 6.56 Å². The van der Waals surface area contributed by atoms with Crippen molar-refractivity contribution in [2.24, 2.45) is 0 Å². The minimum absolute atomic E-state index is 0.228. The molecule has 0 radical (unpaired) electrons. The molecule has 4 atom stereocenters. The zero-order valence-corrected chi connectivity index (χ0v) is 9.71. The van der Waals surface area contributed by atoms with Crippen molar-refractivity contribution in [3.05, 3.63) is 32.9 Å². The number of aromatic amines is 1. The van der Waals surface area contributed by atoms with Gasteiger partial charge in [-0.25, -0.2) is 9.18 Å². The highest BCUT2D eigenvalue weighted by molar-refractivity contribution is 5.19. The van der Waals surface area contributed by atoms with Crippen molar-refractivity contribution in [3.8, 4) is 12.3 Å². The molecule has 2 heterocycles. The van der Waals surface area contributed by atoms with Gasteiger partial charge in [0, 0.05) is 0 Å². The molecule has 7 nitrogen and oxygen atoms in total. The van der Waals surface area contributed by atoms with E-state index in [1.54, 1.807) is 0 Å². The number of nitrogens with zero attached hydrogens (tertiary/aromatic N) is 1. The Kier molecular flexibility index (Phi) is 2.84. The number of aliphatic hydroxyl groups excluding tert-OH is 1. The van der Waals surface area contributed by atoms with E-state index in [1.165, 1.54) is 10.9 Å². The molecule has 1 aliphatic rings. The molecule has 2 rings (SSSR count). The van der Waals surface area contributed by atoms with Crippen LogP contribution < -0.4 is 11.2 Å².